The molecule has 1 aliphatic heterocycles. The zero-order chi connectivity index (χ0) is 20.8. The molecule has 1 fully saturated rings. The van der Waals surface area contributed by atoms with E-state index in [1.165, 1.54) is 10.8 Å². The molecule has 1 aromatic heterocycles. The van der Waals surface area contributed by atoms with Crippen LogP contribution in [0.4, 0.5) is 0 Å². The van der Waals surface area contributed by atoms with Crippen LogP contribution < -0.4 is 5.56 Å². The Labute approximate surface area is 173 Å². The van der Waals surface area contributed by atoms with E-state index in [-0.39, 0.29) is 29.0 Å². The van der Waals surface area contributed by atoms with E-state index in [9.17, 15) is 18.3 Å². The van der Waals surface area contributed by atoms with Crippen LogP contribution >= 0.6 is 11.6 Å². The summed E-state index contributed by atoms with van der Waals surface area (Å²) in [4.78, 5) is 17.5. The number of rotatable bonds is 3. The maximum Gasteiger partial charge on any atom is 0.265 e. The Bertz CT molecular complexity index is 1310. The first-order valence-corrected chi connectivity index (χ1v) is 11.3. The number of sulfone groups is 1. The first kappa shape index (κ1) is 19.7. The average molecular weight is 431 g/mol. The van der Waals surface area contributed by atoms with E-state index in [0.29, 0.717) is 33.5 Å². The number of aryl methyl sites for hydroxylation is 1. The first-order chi connectivity index (χ1) is 13.8. The molecule has 3 aromatic rings. The molecule has 1 N–H and O–H groups in total. The minimum absolute atomic E-state index is 0.00456. The lowest BCUT2D eigenvalue weighted by Gasteiger charge is -2.14. The Morgan fingerprint density at radius 3 is 2.59 bits per heavy atom. The van der Waals surface area contributed by atoms with Gasteiger partial charge in [0.05, 0.1) is 28.8 Å². The second-order valence-electron chi connectivity index (χ2n) is 7.19. The number of halogens is 1. The first-order valence-electron chi connectivity index (χ1n) is 9.14. The van der Waals surface area contributed by atoms with Crippen molar-refractivity contribution in [3.63, 3.8) is 0 Å². The lowest BCUT2D eigenvalue weighted by atomic mass is 10.1. The Hall–Kier alpha value is -2.64. The van der Waals surface area contributed by atoms with Gasteiger partial charge in [0, 0.05) is 22.0 Å². The Morgan fingerprint density at radius 1 is 1.21 bits per heavy atom. The van der Waals surface area contributed by atoms with Gasteiger partial charge in [0.25, 0.3) is 5.56 Å². The molecule has 1 atom stereocenters. The lowest BCUT2D eigenvalue weighted by Crippen LogP contribution is -2.20. The maximum absolute atomic E-state index is 13.1. The number of aliphatic imine (C=N–C) groups is 1. The lowest BCUT2D eigenvalue weighted by molar-refractivity contribution is 0.436. The van der Waals surface area contributed by atoms with Gasteiger partial charge >= 0.3 is 0 Å². The van der Waals surface area contributed by atoms with Crippen LogP contribution in [0, 0.1) is 6.92 Å². The third kappa shape index (κ3) is 3.68. The van der Waals surface area contributed by atoms with Crippen molar-refractivity contribution in [2.75, 3.05) is 11.5 Å². The zero-order valence-electron chi connectivity index (χ0n) is 15.7. The smallest absolute Gasteiger partial charge is 0.265 e. The minimum atomic E-state index is -3.07. The number of benzene rings is 2. The number of pyridine rings is 1. The summed E-state index contributed by atoms with van der Waals surface area (Å²) in [5.74, 6) is -0.156. The molecule has 0 saturated carbocycles. The molecular formula is C21H19ClN2O4S. The molecule has 0 amide bonds. The summed E-state index contributed by atoms with van der Waals surface area (Å²) < 4.78 is 24.6. The highest BCUT2D eigenvalue weighted by atomic mass is 35.5. The standard InChI is InChI=1S/C21H19ClN2O4S/c1-13-6-7-15(10-19(13)22)24-20(25)17-5-3-2-4-16(17)18(21(24)26)11-23-14-8-9-29(27,28)12-14/h2-7,10-11,14,26H,8-9,12H2,1H3. The topological polar surface area (TPSA) is 88.7 Å². The SMILES string of the molecule is Cc1ccc(-n2c(O)c(C=NC3CCS(=O)(=O)C3)c3ccccc3c2=O)cc1Cl. The molecule has 2 heterocycles. The van der Waals surface area contributed by atoms with Crippen LogP contribution in [0.25, 0.3) is 16.5 Å². The number of aromatic hydroxyl groups is 1. The molecule has 0 aliphatic carbocycles. The highest BCUT2D eigenvalue weighted by molar-refractivity contribution is 7.91. The summed E-state index contributed by atoms with van der Waals surface area (Å²) in [5, 5.41) is 12.4. The molecule has 1 saturated heterocycles. The molecule has 150 valence electrons. The van der Waals surface area contributed by atoms with E-state index in [1.807, 2.05) is 6.92 Å². The van der Waals surface area contributed by atoms with Crippen LogP contribution in [0.2, 0.25) is 5.02 Å². The minimum Gasteiger partial charge on any atom is -0.494 e. The van der Waals surface area contributed by atoms with Crippen LogP contribution in [0.15, 0.2) is 52.3 Å². The second-order valence-corrected chi connectivity index (χ2v) is 9.83. The van der Waals surface area contributed by atoms with Gasteiger partial charge in [-0.05, 0) is 37.1 Å². The van der Waals surface area contributed by atoms with Crippen LogP contribution in [-0.4, -0.2) is 41.9 Å². The summed E-state index contributed by atoms with van der Waals surface area (Å²) in [5.41, 5.74) is 1.28. The third-order valence-electron chi connectivity index (χ3n) is 5.14. The van der Waals surface area contributed by atoms with Crippen LogP contribution in [0.5, 0.6) is 5.88 Å². The summed E-state index contributed by atoms with van der Waals surface area (Å²) in [6, 6.07) is 11.7. The van der Waals surface area contributed by atoms with Crippen LogP contribution in [0.3, 0.4) is 0 Å². The number of hydrogen-bond acceptors (Lipinski definition) is 5. The molecule has 1 aliphatic rings. The molecule has 0 radical (unpaired) electrons. The zero-order valence-corrected chi connectivity index (χ0v) is 17.2. The van der Waals surface area contributed by atoms with E-state index < -0.39 is 9.84 Å². The predicted octanol–water partition coefficient (Wildman–Crippen LogP) is 3.26. The maximum atomic E-state index is 13.1. The number of nitrogens with zero attached hydrogens (tertiary/aromatic N) is 2. The average Bonchev–Trinajstić information content (AvgIpc) is 3.03. The molecular weight excluding hydrogens is 412 g/mol. The van der Waals surface area contributed by atoms with Crippen molar-refractivity contribution in [2.24, 2.45) is 4.99 Å². The van der Waals surface area contributed by atoms with E-state index in [0.717, 1.165) is 5.56 Å². The van der Waals surface area contributed by atoms with E-state index in [1.54, 1.807) is 42.5 Å². The van der Waals surface area contributed by atoms with E-state index >= 15 is 0 Å². The molecule has 2 aromatic carbocycles. The Kier molecular flexibility index (Phi) is 4.96. The normalized spacial score (nSPS) is 18.6. The summed E-state index contributed by atoms with van der Waals surface area (Å²) >= 11 is 6.22. The molecule has 8 heteroatoms. The molecule has 29 heavy (non-hydrogen) atoms. The van der Waals surface area contributed by atoms with Crippen molar-refractivity contribution >= 4 is 38.4 Å². The Balaban J connectivity index is 1.92. The van der Waals surface area contributed by atoms with Crippen molar-refractivity contribution in [2.45, 2.75) is 19.4 Å². The van der Waals surface area contributed by atoms with Gasteiger partial charge in [-0.3, -0.25) is 9.79 Å². The summed E-state index contributed by atoms with van der Waals surface area (Å²) in [6.45, 7) is 1.85. The number of aromatic nitrogens is 1. The molecule has 6 nitrogen and oxygen atoms in total. The van der Waals surface area contributed by atoms with Crippen molar-refractivity contribution < 1.29 is 13.5 Å². The summed E-state index contributed by atoms with van der Waals surface area (Å²) in [6.07, 6.45) is 1.92. The quantitative estimate of drug-likeness (QED) is 0.646. The monoisotopic (exact) mass is 430 g/mol. The third-order valence-corrected chi connectivity index (χ3v) is 7.30. The van der Waals surface area contributed by atoms with Gasteiger partial charge in [0.1, 0.15) is 0 Å². The molecule has 0 spiro atoms. The van der Waals surface area contributed by atoms with Crippen molar-refractivity contribution in [3.05, 3.63) is 69.0 Å². The van der Waals surface area contributed by atoms with Gasteiger partial charge in [-0.1, -0.05) is 35.9 Å². The van der Waals surface area contributed by atoms with Gasteiger partial charge in [0.2, 0.25) is 5.88 Å². The van der Waals surface area contributed by atoms with Gasteiger partial charge in [-0.2, -0.15) is 0 Å². The molecule has 1 unspecified atom stereocenters. The van der Waals surface area contributed by atoms with Crippen molar-refractivity contribution in [1.29, 1.82) is 0 Å². The fourth-order valence-electron chi connectivity index (χ4n) is 3.52. The van der Waals surface area contributed by atoms with Gasteiger partial charge < -0.3 is 5.11 Å². The highest BCUT2D eigenvalue weighted by Gasteiger charge is 2.27. The fourth-order valence-corrected chi connectivity index (χ4v) is 5.33. The van der Waals surface area contributed by atoms with Crippen molar-refractivity contribution in [3.8, 4) is 11.6 Å². The second kappa shape index (κ2) is 7.31. The molecule has 4 rings (SSSR count). The number of fused-ring (bicyclic) bond motifs is 1. The van der Waals surface area contributed by atoms with Crippen molar-refractivity contribution in [1.82, 2.24) is 4.57 Å². The predicted molar refractivity (Wildman–Crippen MR) is 116 cm³/mol. The summed E-state index contributed by atoms with van der Waals surface area (Å²) in [7, 11) is -3.07. The van der Waals surface area contributed by atoms with Gasteiger partial charge in [-0.15, -0.1) is 0 Å². The Morgan fingerprint density at radius 2 is 1.93 bits per heavy atom. The highest BCUT2D eigenvalue weighted by Crippen LogP contribution is 2.28. The van der Waals surface area contributed by atoms with Crippen LogP contribution in [-0.2, 0) is 9.84 Å². The number of hydrogen-bond donors (Lipinski definition) is 1. The van der Waals surface area contributed by atoms with Gasteiger partial charge in [0.15, 0.2) is 9.84 Å². The van der Waals surface area contributed by atoms with Crippen LogP contribution in [0.1, 0.15) is 17.5 Å². The molecule has 0 bridgehead atoms. The van der Waals surface area contributed by atoms with E-state index in [4.69, 9.17) is 11.6 Å². The van der Waals surface area contributed by atoms with E-state index in [2.05, 4.69) is 4.99 Å². The largest absolute Gasteiger partial charge is 0.494 e. The fraction of sp³-hybridized carbons (Fsp3) is 0.238. The van der Waals surface area contributed by atoms with Gasteiger partial charge in [-0.25, -0.2) is 13.0 Å².